The van der Waals surface area contributed by atoms with Crippen LogP contribution in [-0.4, -0.2) is 43.7 Å². The maximum Gasteiger partial charge on any atom is 0.161 e. The Morgan fingerprint density at radius 3 is 2.75 bits per heavy atom. The molecule has 1 aliphatic heterocycles. The molecule has 24 heavy (non-hydrogen) atoms. The lowest BCUT2D eigenvalue weighted by atomic mass is 10.0. The van der Waals surface area contributed by atoms with Crippen LogP contribution >= 0.6 is 0 Å². The summed E-state index contributed by atoms with van der Waals surface area (Å²) < 4.78 is 10.9. The molecule has 5 nitrogen and oxygen atoms in total. The summed E-state index contributed by atoms with van der Waals surface area (Å²) in [5.74, 6) is 1.56. The van der Waals surface area contributed by atoms with Gasteiger partial charge in [-0.05, 0) is 41.8 Å². The molecule has 1 saturated heterocycles. The van der Waals surface area contributed by atoms with Gasteiger partial charge in [0.2, 0.25) is 0 Å². The molecular formula is C19H25N3O2. The van der Waals surface area contributed by atoms with Gasteiger partial charge in [0, 0.05) is 44.6 Å². The highest BCUT2D eigenvalue weighted by molar-refractivity contribution is 5.47. The van der Waals surface area contributed by atoms with Crippen LogP contribution in [0.3, 0.4) is 0 Å². The van der Waals surface area contributed by atoms with Crippen LogP contribution in [0, 0.1) is 6.92 Å². The van der Waals surface area contributed by atoms with Gasteiger partial charge in [0.05, 0.1) is 14.2 Å². The number of aromatic nitrogens is 1. The van der Waals surface area contributed by atoms with E-state index in [0.717, 1.165) is 37.7 Å². The molecule has 5 heteroatoms. The van der Waals surface area contributed by atoms with E-state index in [9.17, 15) is 0 Å². The van der Waals surface area contributed by atoms with Crippen molar-refractivity contribution in [2.24, 2.45) is 0 Å². The molecule has 1 aromatic heterocycles. The largest absolute Gasteiger partial charge is 0.493 e. The lowest BCUT2D eigenvalue weighted by molar-refractivity contribution is 0.153. The fraction of sp³-hybridized carbons (Fsp3) is 0.421. The molecule has 2 heterocycles. The lowest BCUT2D eigenvalue weighted by Gasteiger charge is -2.36. The zero-order chi connectivity index (χ0) is 16.9. The fourth-order valence-corrected chi connectivity index (χ4v) is 3.25. The zero-order valence-electron chi connectivity index (χ0n) is 14.6. The Morgan fingerprint density at radius 2 is 2.04 bits per heavy atom. The first-order valence-corrected chi connectivity index (χ1v) is 8.29. The summed E-state index contributed by atoms with van der Waals surface area (Å²) in [4.78, 5) is 6.78. The van der Waals surface area contributed by atoms with Crippen molar-refractivity contribution in [2.45, 2.75) is 19.5 Å². The number of pyridine rings is 1. The Morgan fingerprint density at radius 1 is 1.25 bits per heavy atom. The molecule has 1 atom stereocenters. The SMILES string of the molecule is COc1cc(C)c(CN2CCNCC2c2cccnc2)cc1OC. The number of aryl methyl sites for hydroxylation is 1. The van der Waals surface area contributed by atoms with Crippen molar-refractivity contribution in [1.29, 1.82) is 0 Å². The summed E-state index contributed by atoms with van der Waals surface area (Å²) in [6.45, 7) is 5.96. The molecule has 0 spiro atoms. The van der Waals surface area contributed by atoms with Crippen molar-refractivity contribution in [2.75, 3.05) is 33.9 Å². The van der Waals surface area contributed by atoms with Crippen LogP contribution in [0.2, 0.25) is 0 Å². The van der Waals surface area contributed by atoms with E-state index < -0.39 is 0 Å². The first-order valence-electron chi connectivity index (χ1n) is 8.29. The van der Waals surface area contributed by atoms with Crippen molar-refractivity contribution in [3.05, 3.63) is 53.3 Å². The second-order valence-electron chi connectivity index (χ2n) is 6.11. The lowest BCUT2D eigenvalue weighted by Crippen LogP contribution is -2.45. The molecule has 1 unspecified atom stereocenters. The van der Waals surface area contributed by atoms with Crippen LogP contribution in [0.1, 0.15) is 22.7 Å². The minimum atomic E-state index is 0.333. The summed E-state index contributed by atoms with van der Waals surface area (Å²) in [6.07, 6.45) is 3.79. The van der Waals surface area contributed by atoms with Crippen LogP contribution in [0.15, 0.2) is 36.7 Å². The molecule has 0 bridgehead atoms. The highest BCUT2D eigenvalue weighted by atomic mass is 16.5. The van der Waals surface area contributed by atoms with E-state index in [-0.39, 0.29) is 0 Å². The average molecular weight is 327 g/mol. The van der Waals surface area contributed by atoms with Crippen LogP contribution in [0.25, 0.3) is 0 Å². The number of piperazine rings is 1. The first-order chi connectivity index (χ1) is 11.7. The van der Waals surface area contributed by atoms with Crippen LogP contribution in [0.4, 0.5) is 0 Å². The third-order valence-corrected chi connectivity index (χ3v) is 4.64. The second kappa shape index (κ2) is 7.64. The Hall–Kier alpha value is -2.11. The van der Waals surface area contributed by atoms with Gasteiger partial charge in [0.15, 0.2) is 11.5 Å². The highest BCUT2D eigenvalue weighted by Gasteiger charge is 2.24. The minimum Gasteiger partial charge on any atom is -0.493 e. The van der Waals surface area contributed by atoms with Gasteiger partial charge in [-0.1, -0.05) is 6.07 Å². The number of ether oxygens (including phenoxy) is 2. The predicted molar refractivity (Wildman–Crippen MR) is 94.5 cm³/mol. The third-order valence-electron chi connectivity index (χ3n) is 4.64. The van der Waals surface area contributed by atoms with E-state index >= 15 is 0 Å². The summed E-state index contributed by atoms with van der Waals surface area (Å²) in [5.41, 5.74) is 3.74. The molecule has 3 rings (SSSR count). The first kappa shape index (κ1) is 16.7. The van der Waals surface area contributed by atoms with Crippen molar-refractivity contribution < 1.29 is 9.47 Å². The summed E-state index contributed by atoms with van der Waals surface area (Å²) in [6, 6.07) is 8.63. The maximum absolute atomic E-state index is 5.47. The normalized spacial score (nSPS) is 18.4. The molecule has 2 aromatic rings. The predicted octanol–water partition coefficient (Wildman–Crippen LogP) is 2.55. The van der Waals surface area contributed by atoms with Gasteiger partial charge < -0.3 is 14.8 Å². The van der Waals surface area contributed by atoms with E-state index in [1.807, 2.05) is 18.5 Å². The van der Waals surface area contributed by atoms with E-state index in [1.54, 1.807) is 14.2 Å². The topological polar surface area (TPSA) is 46.6 Å². The molecule has 1 aromatic carbocycles. The number of hydrogen-bond acceptors (Lipinski definition) is 5. The van der Waals surface area contributed by atoms with Crippen molar-refractivity contribution >= 4 is 0 Å². The quantitative estimate of drug-likeness (QED) is 0.914. The van der Waals surface area contributed by atoms with Crippen LogP contribution < -0.4 is 14.8 Å². The van der Waals surface area contributed by atoms with Gasteiger partial charge >= 0.3 is 0 Å². The number of nitrogens with zero attached hydrogens (tertiary/aromatic N) is 2. The van der Waals surface area contributed by atoms with E-state index in [2.05, 4.69) is 40.3 Å². The zero-order valence-corrected chi connectivity index (χ0v) is 14.6. The molecule has 0 amide bonds. The molecule has 0 saturated carbocycles. The molecule has 128 valence electrons. The van der Waals surface area contributed by atoms with Gasteiger partial charge in [-0.25, -0.2) is 0 Å². The monoisotopic (exact) mass is 327 g/mol. The molecule has 1 fully saturated rings. The second-order valence-corrected chi connectivity index (χ2v) is 6.11. The third kappa shape index (κ3) is 3.52. The Bertz CT molecular complexity index is 676. The fourth-order valence-electron chi connectivity index (χ4n) is 3.25. The van der Waals surface area contributed by atoms with Gasteiger partial charge in [0.1, 0.15) is 0 Å². The van der Waals surface area contributed by atoms with Crippen molar-refractivity contribution in [1.82, 2.24) is 15.2 Å². The number of nitrogens with one attached hydrogen (secondary N) is 1. The number of hydrogen-bond donors (Lipinski definition) is 1. The molecule has 1 N–H and O–H groups in total. The summed E-state index contributed by atoms with van der Waals surface area (Å²) >= 11 is 0. The van der Waals surface area contributed by atoms with Crippen molar-refractivity contribution in [3.8, 4) is 11.5 Å². The van der Waals surface area contributed by atoms with Gasteiger partial charge in [-0.3, -0.25) is 9.88 Å². The van der Waals surface area contributed by atoms with E-state index in [4.69, 9.17) is 9.47 Å². The van der Waals surface area contributed by atoms with E-state index in [1.165, 1.54) is 16.7 Å². The molecular weight excluding hydrogens is 302 g/mol. The summed E-state index contributed by atoms with van der Waals surface area (Å²) in [7, 11) is 3.35. The Balaban J connectivity index is 1.85. The molecule has 0 aliphatic carbocycles. The Kier molecular flexibility index (Phi) is 5.33. The van der Waals surface area contributed by atoms with Gasteiger partial charge in [0.25, 0.3) is 0 Å². The van der Waals surface area contributed by atoms with Gasteiger partial charge in [-0.15, -0.1) is 0 Å². The highest BCUT2D eigenvalue weighted by Crippen LogP contribution is 2.32. The number of rotatable bonds is 5. The molecule has 1 aliphatic rings. The van der Waals surface area contributed by atoms with Crippen molar-refractivity contribution in [3.63, 3.8) is 0 Å². The average Bonchev–Trinajstić information content (AvgIpc) is 2.64. The Labute approximate surface area is 143 Å². The minimum absolute atomic E-state index is 0.333. The van der Waals surface area contributed by atoms with E-state index in [0.29, 0.717) is 6.04 Å². The van der Waals surface area contributed by atoms with Gasteiger partial charge in [-0.2, -0.15) is 0 Å². The number of methoxy groups -OCH3 is 2. The summed E-state index contributed by atoms with van der Waals surface area (Å²) in [5, 5.41) is 3.49. The smallest absolute Gasteiger partial charge is 0.161 e. The standard InChI is InChI=1S/C19H25N3O2/c1-14-9-18(23-2)19(24-3)10-16(14)13-22-8-7-21-12-17(22)15-5-4-6-20-11-15/h4-6,9-11,17,21H,7-8,12-13H2,1-3H3. The maximum atomic E-state index is 5.47. The number of benzene rings is 1. The van der Waals surface area contributed by atoms with Crippen LogP contribution in [0.5, 0.6) is 11.5 Å². The van der Waals surface area contributed by atoms with Crippen LogP contribution in [-0.2, 0) is 6.54 Å². The molecule has 0 radical (unpaired) electrons.